The van der Waals surface area contributed by atoms with Gasteiger partial charge in [-0.2, -0.15) is 0 Å². The van der Waals surface area contributed by atoms with Gasteiger partial charge in [-0.15, -0.1) is 0 Å². The lowest BCUT2D eigenvalue weighted by atomic mass is 9.97. The number of carbonyl (C=O) groups excluding carboxylic acids is 2. The second-order valence-electron chi connectivity index (χ2n) is 9.41. The number of rotatable bonds is 5. The molecule has 170 valence electrons. The molecular weight excluding hydrogens is 406 g/mol. The van der Waals surface area contributed by atoms with E-state index in [4.69, 9.17) is 14.2 Å². The van der Waals surface area contributed by atoms with Crippen LogP contribution in [0.1, 0.15) is 56.1 Å². The monoisotopic (exact) mass is 437 g/mol. The van der Waals surface area contributed by atoms with Crippen molar-refractivity contribution >= 4 is 18.0 Å². The highest BCUT2D eigenvalue weighted by atomic mass is 16.7. The Bertz CT molecular complexity index is 962. The number of nitrogens with one attached hydrogen (secondary N) is 1. The fourth-order valence-corrected chi connectivity index (χ4v) is 3.16. The van der Waals surface area contributed by atoms with Crippen LogP contribution in [0.5, 0.6) is 0 Å². The van der Waals surface area contributed by atoms with E-state index in [1.165, 1.54) is 0 Å². The SMILES string of the molecule is CC(C)(C)OC(=O)NC1(/C=C/c2ccc(C(=O)c3ccccc3)cc2)COC(C)(C)OC1. The minimum absolute atomic E-state index is 0.0273. The lowest BCUT2D eigenvalue weighted by molar-refractivity contribution is -0.263. The van der Waals surface area contributed by atoms with Crippen molar-refractivity contribution in [2.75, 3.05) is 13.2 Å². The average Bonchev–Trinajstić information content (AvgIpc) is 2.73. The molecule has 6 heteroatoms. The van der Waals surface area contributed by atoms with Crippen LogP contribution in [0.3, 0.4) is 0 Å². The molecule has 0 spiro atoms. The molecule has 1 saturated heterocycles. The molecule has 0 aromatic heterocycles. The number of hydrogen-bond donors (Lipinski definition) is 1. The molecule has 0 radical (unpaired) electrons. The molecule has 0 aliphatic carbocycles. The van der Waals surface area contributed by atoms with E-state index in [2.05, 4.69) is 5.32 Å². The molecule has 2 aromatic rings. The average molecular weight is 438 g/mol. The summed E-state index contributed by atoms with van der Waals surface area (Å²) in [6.07, 6.45) is 3.18. The van der Waals surface area contributed by atoms with E-state index in [-0.39, 0.29) is 19.0 Å². The minimum atomic E-state index is -0.879. The van der Waals surface area contributed by atoms with Gasteiger partial charge in [0.05, 0.1) is 13.2 Å². The molecule has 6 nitrogen and oxygen atoms in total. The minimum Gasteiger partial charge on any atom is -0.444 e. The topological polar surface area (TPSA) is 73.9 Å². The zero-order valence-electron chi connectivity index (χ0n) is 19.3. The Balaban J connectivity index is 1.76. The van der Waals surface area contributed by atoms with Crippen LogP contribution in [0.4, 0.5) is 4.79 Å². The predicted molar refractivity (Wildman–Crippen MR) is 123 cm³/mol. The highest BCUT2D eigenvalue weighted by molar-refractivity contribution is 6.09. The Morgan fingerprint density at radius 3 is 2.06 bits per heavy atom. The van der Waals surface area contributed by atoms with Crippen molar-refractivity contribution in [3.63, 3.8) is 0 Å². The summed E-state index contributed by atoms with van der Waals surface area (Å²) in [5.41, 5.74) is 0.642. The first-order valence-corrected chi connectivity index (χ1v) is 10.7. The van der Waals surface area contributed by atoms with Gasteiger partial charge in [0.1, 0.15) is 11.1 Å². The third-order valence-corrected chi connectivity index (χ3v) is 4.91. The molecule has 3 rings (SSSR count). The maximum Gasteiger partial charge on any atom is 0.408 e. The van der Waals surface area contributed by atoms with Crippen LogP contribution < -0.4 is 5.32 Å². The fraction of sp³-hybridized carbons (Fsp3) is 0.385. The molecule has 0 bridgehead atoms. The Morgan fingerprint density at radius 1 is 0.938 bits per heavy atom. The Hall–Kier alpha value is -2.96. The van der Waals surface area contributed by atoms with E-state index >= 15 is 0 Å². The molecule has 0 saturated carbocycles. The van der Waals surface area contributed by atoms with Gasteiger partial charge in [-0.05, 0) is 40.2 Å². The summed E-state index contributed by atoms with van der Waals surface area (Å²) in [6, 6.07) is 16.5. The molecular formula is C26H31NO5. The number of amides is 1. The van der Waals surface area contributed by atoms with Crippen molar-refractivity contribution in [2.24, 2.45) is 0 Å². The normalized spacial score (nSPS) is 17.7. The Kier molecular flexibility index (Phi) is 6.86. The summed E-state index contributed by atoms with van der Waals surface area (Å²) in [6.45, 7) is 9.56. The number of ketones is 1. The molecule has 0 atom stereocenters. The van der Waals surface area contributed by atoms with Gasteiger partial charge in [-0.3, -0.25) is 4.79 Å². The number of hydrogen-bond acceptors (Lipinski definition) is 5. The van der Waals surface area contributed by atoms with E-state index in [1.807, 2.05) is 77.1 Å². The molecule has 1 amide bonds. The summed E-state index contributed by atoms with van der Waals surface area (Å²) in [7, 11) is 0. The maximum absolute atomic E-state index is 12.6. The van der Waals surface area contributed by atoms with Crippen molar-refractivity contribution in [3.8, 4) is 0 Å². The lowest BCUT2D eigenvalue weighted by Crippen LogP contribution is -2.60. The van der Waals surface area contributed by atoms with Crippen LogP contribution in [0.2, 0.25) is 0 Å². The smallest absolute Gasteiger partial charge is 0.408 e. The summed E-state index contributed by atoms with van der Waals surface area (Å²) in [5, 5.41) is 2.90. The van der Waals surface area contributed by atoms with Crippen molar-refractivity contribution in [1.82, 2.24) is 5.32 Å². The Labute approximate surface area is 189 Å². The summed E-state index contributed by atoms with van der Waals surface area (Å²) < 4.78 is 17.0. The third-order valence-electron chi connectivity index (χ3n) is 4.91. The highest BCUT2D eigenvalue weighted by Gasteiger charge is 2.40. The number of carbonyl (C=O) groups is 2. The van der Waals surface area contributed by atoms with Crippen LogP contribution in [-0.4, -0.2) is 42.0 Å². The largest absolute Gasteiger partial charge is 0.444 e. The van der Waals surface area contributed by atoms with Crippen molar-refractivity contribution < 1.29 is 23.8 Å². The van der Waals surface area contributed by atoms with Crippen LogP contribution in [0.15, 0.2) is 60.7 Å². The van der Waals surface area contributed by atoms with Gasteiger partial charge < -0.3 is 19.5 Å². The van der Waals surface area contributed by atoms with E-state index in [9.17, 15) is 9.59 Å². The maximum atomic E-state index is 12.6. The quantitative estimate of drug-likeness (QED) is 0.668. The van der Waals surface area contributed by atoms with Gasteiger partial charge in [-0.1, -0.05) is 66.7 Å². The number of benzene rings is 2. The summed E-state index contributed by atoms with van der Waals surface area (Å²) >= 11 is 0. The van der Waals surface area contributed by atoms with Crippen LogP contribution in [0, 0.1) is 0 Å². The summed E-state index contributed by atoms with van der Waals surface area (Å²) in [4.78, 5) is 25.0. The first-order valence-electron chi connectivity index (χ1n) is 10.7. The standard InChI is InChI=1S/C26H31NO5/c1-24(2,3)32-23(29)27-26(17-30-25(4,5)31-18-26)16-15-19-11-13-21(14-12-19)22(28)20-9-7-6-8-10-20/h6-16H,17-18H2,1-5H3,(H,27,29)/b16-15+. The van der Waals surface area contributed by atoms with Crippen molar-refractivity contribution in [3.05, 3.63) is 77.4 Å². The zero-order chi connectivity index (χ0) is 23.4. The molecule has 1 fully saturated rings. The second kappa shape index (κ2) is 9.27. The van der Waals surface area contributed by atoms with Crippen molar-refractivity contribution in [1.29, 1.82) is 0 Å². The molecule has 2 aromatic carbocycles. The molecule has 1 heterocycles. The van der Waals surface area contributed by atoms with Crippen LogP contribution >= 0.6 is 0 Å². The van der Waals surface area contributed by atoms with E-state index in [0.717, 1.165) is 5.56 Å². The van der Waals surface area contributed by atoms with E-state index in [1.54, 1.807) is 24.3 Å². The molecule has 0 unspecified atom stereocenters. The molecule has 32 heavy (non-hydrogen) atoms. The van der Waals surface area contributed by atoms with Gasteiger partial charge in [-0.25, -0.2) is 4.79 Å². The van der Waals surface area contributed by atoms with Crippen LogP contribution in [0.25, 0.3) is 6.08 Å². The zero-order valence-corrected chi connectivity index (χ0v) is 19.3. The number of ether oxygens (including phenoxy) is 3. The van der Waals surface area contributed by atoms with Crippen molar-refractivity contribution in [2.45, 2.75) is 51.5 Å². The lowest BCUT2D eigenvalue weighted by Gasteiger charge is -2.42. The fourth-order valence-electron chi connectivity index (χ4n) is 3.16. The van der Waals surface area contributed by atoms with Gasteiger partial charge in [0.2, 0.25) is 0 Å². The third kappa shape index (κ3) is 6.52. The van der Waals surface area contributed by atoms with Gasteiger partial charge >= 0.3 is 6.09 Å². The van der Waals surface area contributed by atoms with E-state index < -0.39 is 23.0 Å². The molecule has 1 aliphatic rings. The van der Waals surface area contributed by atoms with Crippen LogP contribution in [-0.2, 0) is 14.2 Å². The van der Waals surface area contributed by atoms with Gasteiger partial charge in [0, 0.05) is 11.1 Å². The molecule has 1 aliphatic heterocycles. The summed E-state index contributed by atoms with van der Waals surface area (Å²) in [5.74, 6) is -0.757. The van der Waals surface area contributed by atoms with Gasteiger partial charge in [0.15, 0.2) is 11.6 Å². The first-order chi connectivity index (χ1) is 15.0. The second-order valence-corrected chi connectivity index (χ2v) is 9.41. The predicted octanol–water partition coefficient (Wildman–Crippen LogP) is 4.98. The number of alkyl carbamates (subject to hydrolysis) is 1. The first kappa shape index (κ1) is 23.7. The van der Waals surface area contributed by atoms with Gasteiger partial charge in [0.25, 0.3) is 0 Å². The molecule has 1 N–H and O–H groups in total. The van der Waals surface area contributed by atoms with E-state index in [0.29, 0.717) is 11.1 Å². The highest BCUT2D eigenvalue weighted by Crippen LogP contribution is 2.26. The Morgan fingerprint density at radius 2 is 1.50 bits per heavy atom.